The van der Waals surface area contributed by atoms with E-state index in [0.717, 1.165) is 66.9 Å². The van der Waals surface area contributed by atoms with Crippen LogP contribution in [0.15, 0.2) is 71.3 Å². The van der Waals surface area contributed by atoms with Crippen LogP contribution in [0.4, 0.5) is 0 Å². The van der Waals surface area contributed by atoms with Crippen LogP contribution in [0.5, 0.6) is 5.75 Å². The number of para-hydroxylation sites is 2. The second-order valence-corrected chi connectivity index (χ2v) is 11.1. The summed E-state index contributed by atoms with van der Waals surface area (Å²) in [5, 5.41) is 2.20. The molecule has 7 rings (SSSR count). The first-order valence-electron chi connectivity index (χ1n) is 11.1. The van der Waals surface area contributed by atoms with Crippen LogP contribution >= 0.6 is 0 Å². The number of benzene rings is 3. The molecule has 0 saturated carbocycles. The Hall–Kier alpha value is -3.44. The van der Waals surface area contributed by atoms with Crippen LogP contribution in [-0.4, -0.2) is 45.8 Å². The van der Waals surface area contributed by atoms with Gasteiger partial charge >= 0.3 is 211 Å². The molecule has 0 bridgehead atoms. The molecule has 0 fully saturated rings. The summed E-state index contributed by atoms with van der Waals surface area (Å²) in [5.41, 5.74) is 7.27. The van der Waals surface area contributed by atoms with E-state index < -0.39 is 0 Å². The third-order valence-electron chi connectivity index (χ3n) is 6.78. The van der Waals surface area contributed by atoms with E-state index in [9.17, 15) is 0 Å². The van der Waals surface area contributed by atoms with Gasteiger partial charge in [0.2, 0.25) is 0 Å². The molecule has 3 aromatic carbocycles. The fourth-order valence-electron chi connectivity index (χ4n) is 5.19. The molecule has 0 atom stereocenters. The number of furan rings is 1. The molecule has 0 N–H and O–H groups in total. The van der Waals surface area contributed by atoms with E-state index in [1.54, 1.807) is 7.11 Å². The Kier molecular flexibility index (Phi) is 4.13. The average Bonchev–Trinajstić information content (AvgIpc) is 3.48. The van der Waals surface area contributed by atoms with Gasteiger partial charge in [-0.05, 0) is 0 Å². The first kappa shape index (κ1) is 20.0. The third kappa shape index (κ3) is 2.53. The first-order valence-corrected chi connectivity index (χ1v) is 13.4. The Balaban J connectivity index is 1.70. The Morgan fingerprint density at radius 1 is 0.971 bits per heavy atom. The Labute approximate surface area is 209 Å². The fourth-order valence-corrected chi connectivity index (χ4v) is 6.45. The topological polar surface area (TPSA) is 48.5 Å². The van der Waals surface area contributed by atoms with Crippen molar-refractivity contribution in [3.05, 3.63) is 72.4 Å². The number of fused-ring (bicyclic) bond motifs is 8. The van der Waals surface area contributed by atoms with Gasteiger partial charge in [0, 0.05) is 0 Å². The molecular formula is C27H22BiN4O2+. The molecule has 0 aliphatic heterocycles. The summed E-state index contributed by atoms with van der Waals surface area (Å²) in [5.74, 6) is 2.78. The Morgan fingerprint density at radius 2 is 1.82 bits per heavy atom. The molecule has 7 heteroatoms. The van der Waals surface area contributed by atoms with Crippen molar-refractivity contribution in [3.63, 3.8) is 0 Å². The SMILES string of the molecule is COc1ccc2c(c1C)n(-c1cc3c(c[n+]1C)oc1ccccc13)c1nc3[c]([BiH2])cccc3n21. The number of hydrogen-bond donors (Lipinski definition) is 0. The van der Waals surface area contributed by atoms with Gasteiger partial charge in [0.15, 0.2) is 0 Å². The zero-order chi connectivity index (χ0) is 23.1. The molecule has 4 heterocycles. The predicted molar refractivity (Wildman–Crippen MR) is 137 cm³/mol. The zero-order valence-corrected chi connectivity index (χ0v) is 23.5. The molecule has 6 nitrogen and oxygen atoms in total. The molecule has 166 valence electrons. The summed E-state index contributed by atoms with van der Waals surface area (Å²) in [4.78, 5) is 5.19. The number of pyridine rings is 1. The molecule has 0 radical (unpaired) electrons. The van der Waals surface area contributed by atoms with Crippen molar-refractivity contribution in [2.45, 2.75) is 6.92 Å². The van der Waals surface area contributed by atoms with Crippen LogP contribution in [0.2, 0.25) is 0 Å². The number of aryl methyl sites for hydroxylation is 2. The van der Waals surface area contributed by atoms with Gasteiger partial charge in [-0.3, -0.25) is 0 Å². The first-order chi connectivity index (χ1) is 16.6. The summed E-state index contributed by atoms with van der Waals surface area (Å²) < 4.78 is 19.8. The van der Waals surface area contributed by atoms with Crippen LogP contribution in [-0.2, 0) is 7.05 Å². The van der Waals surface area contributed by atoms with Crippen LogP contribution in [0, 0.1) is 6.92 Å². The standard InChI is InChI=1S/C27H20N4O2.Bi.2H/c1-16-22(32-3)13-12-21-26(16)31(27-28-19-9-5-6-10-20(19)30(21)27)25-14-18-17-8-4-7-11-23(17)33-24(18)15-29(25)2;;;/h4-8,10-15H,1-3H3;;;/q+1;;;. The Bertz CT molecular complexity index is 1940. The molecule has 0 aliphatic rings. The number of aromatic nitrogens is 4. The zero-order valence-electron chi connectivity index (χ0n) is 19.0. The third-order valence-corrected chi connectivity index (χ3v) is 8.59. The maximum absolute atomic E-state index is 6.14. The average molecular weight is 643 g/mol. The fraction of sp³-hybridized carbons (Fsp3) is 0.111. The molecule has 0 saturated heterocycles. The van der Waals surface area contributed by atoms with Gasteiger partial charge in [-0.2, -0.15) is 0 Å². The summed E-state index contributed by atoms with van der Waals surface area (Å²) in [6.07, 6.45) is 2.06. The maximum atomic E-state index is 6.14. The quantitative estimate of drug-likeness (QED) is 0.213. The second kappa shape index (κ2) is 7.03. The summed E-state index contributed by atoms with van der Waals surface area (Å²) in [6.45, 7) is 2.12. The van der Waals surface area contributed by atoms with Crippen molar-refractivity contribution < 1.29 is 13.7 Å². The van der Waals surface area contributed by atoms with E-state index in [4.69, 9.17) is 14.1 Å². The number of imidazole rings is 2. The monoisotopic (exact) mass is 643 g/mol. The normalized spacial score (nSPS) is 12.1. The van der Waals surface area contributed by atoms with Crippen molar-refractivity contribution in [1.82, 2.24) is 14.0 Å². The van der Waals surface area contributed by atoms with E-state index in [-0.39, 0.29) is 0 Å². The van der Waals surface area contributed by atoms with Gasteiger partial charge in [0.05, 0.1) is 0 Å². The molecule has 0 spiro atoms. The van der Waals surface area contributed by atoms with Gasteiger partial charge < -0.3 is 0 Å². The molecule has 0 aliphatic carbocycles. The Morgan fingerprint density at radius 3 is 2.68 bits per heavy atom. The van der Waals surface area contributed by atoms with Crippen molar-refractivity contribution >= 4 is 77.8 Å². The van der Waals surface area contributed by atoms with Gasteiger partial charge in [-0.25, -0.2) is 0 Å². The molecule has 4 aromatic heterocycles. The van der Waals surface area contributed by atoms with E-state index in [0.29, 0.717) is 24.7 Å². The molecular weight excluding hydrogens is 621 g/mol. The van der Waals surface area contributed by atoms with Crippen molar-refractivity contribution in [3.8, 4) is 11.6 Å². The number of hydrogen-bond acceptors (Lipinski definition) is 3. The number of nitrogens with zero attached hydrogens (tertiary/aromatic N) is 4. The molecule has 0 unspecified atom stereocenters. The van der Waals surface area contributed by atoms with Gasteiger partial charge in [-0.1, -0.05) is 0 Å². The van der Waals surface area contributed by atoms with Crippen LogP contribution in [0.25, 0.3) is 55.6 Å². The van der Waals surface area contributed by atoms with Crippen molar-refractivity contribution in [2.75, 3.05) is 7.11 Å². The molecule has 34 heavy (non-hydrogen) atoms. The van der Waals surface area contributed by atoms with Crippen molar-refractivity contribution in [1.29, 1.82) is 0 Å². The van der Waals surface area contributed by atoms with E-state index in [1.807, 2.05) is 18.2 Å². The van der Waals surface area contributed by atoms with E-state index in [1.165, 1.54) is 3.27 Å². The number of methoxy groups -OCH3 is 1. The summed E-state index contributed by atoms with van der Waals surface area (Å²) >= 11 is 0.708. The predicted octanol–water partition coefficient (Wildman–Crippen LogP) is 3.73. The summed E-state index contributed by atoms with van der Waals surface area (Å²) in [6, 6.07) is 21.1. The minimum atomic E-state index is 0.708. The second-order valence-electron chi connectivity index (χ2n) is 8.68. The molecule has 7 aromatic rings. The van der Waals surface area contributed by atoms with Crippen LogP contribution < -0.4 is 12.6 Å². The number of ether oxygens (including phenoxy) is 1. The van der Waals surface area contributed by atoms with Gasteiger partial charge in [0.25, 0.3) is 0 Å². The number of rotatable bonds is 2. The van der Waals surface area contributed by atoms with E-state index >= 15 is 0 Å². The van der Waals surface area contributed by atoms with Gasteiger partial charge in [-0.15, -0.1) is 0 Å². The van der Waals surface area contributed by atoms with Crippen LogP contribution in [0.1, 0.15) is 5.56 Å². The van der Waals surface area contributed by atoms with E-state index in [2.05, 4.69) is 76.2 Å². The molecule has 0 amide bonds. The minimum absolute atomic E-state index is 0.708. The van der Waals surface area contributed by atoms with Crippen LogP contribution in [0.3, 0.4) is 0 Å². The van der Waals surface area contributed by atoms with Crippen molar-refractivity contribution in [2.24, 2.45) is 7.05 Å². The summed E-state index contributed by atoms with van der Waals surface area (Å²) in [7, 11) is 3.78. The van der Waals surface area contributed by atoms with Gasteiger partial charge in [0.1, 0.15) is 0 Å².